The van der Waals surface area contributed by atoms with Crippen LogP contribution in [0.2, 0.25) is 5.02 Å². The smallest absolute Gasteiger partial charge is 0.224 e. The lowest BCUT2D eigenvalue weighted by Crippen LogP contribution is -2.17. The van der Waals surface area contributed by atoms with Crippen LogP contribution in [-0.2, 0) is 0 Å². The van der Waals surface area contributed by atoms with E-state index in [0.29, 0.717) is 0 Å². The van der Waals surface area contributed by atoms with Crippen molar-refractivity contribution in [3.63, 3.8) is 0 Å². The average Bonchev–Trinajstić information content (AvgIpc) is 2.03. The minimum absolute atomic E-state index is 0.263. The van der Waals surface area contributed by atoms with Gasteiger partial charge < -0.3 is 0 Å². The zero-order chi connectivity index (χ0) is 10.1. The Morgan fingerprint density at radius 3 is 1.92 bits per heavy atom. The van der Waals surface area contributed by atoms with Crippen LogP contribution in [0.5, 0.6) is 0 Å². The molecule has 71 valence electrons. The summed E-state index contributed by atoms with van der Waals surface area (Å²) in [4.78, 5) is 0. The van der Waals surface area contributed by atoms with Gasteiger partial charge in [-0.3, -0.25) is 0 Å². The van der Waals surface area contributed by atoms with E-state index < -0.39 is 17.9 Å². The van der Waals surface area contributed by atoms with Gasteiger partial charge in [-0.25, -0.2) is 4.39 Å². The van der Waals surface area contributed by atoms with Crippen molar-refractivity contribution in [2.75, 3.05) is 0 Å². The van der Waals surface area contributed by atoms with Gasteiger partial charge in [0.25, 0.3) is 6.17 Å². The summed E-state index contributed by atoms with van der Waals surface area (Å²) in [5, 5.41) is 0.263. The topological polar surface area (TPSA) is 0 Å². The first-order valence-electron chi connectivity index (χ1n) is 3.27. The quantitative estimate of drug-likeness (QED) is 0.621. The van der Waals surface area contributed by atoms with Crippen molar-refractivity contribution in [2.24, 2.45) is 0 Å². The van der Waals surface area contributed by atoms with Crippen LogP contribution >= 0.6 is 11.6 Å². The molecule has 0 saturated heterocycles. The molecule has 0 saturated carbocycles. The van der Waals surface area contributed by atoms with Gasteiger partial charge in [-0.05, 0) is 12.1 Å². The SMILES string of the molecule is F[C](c1ccc(Cl)cc1)C(F)(F)F. The number of rotatable bonds is 1. The van der Waals surface area contributed by atoms with Gasteiger partial charge in [0.15, 0.2) is 0 Å². The monoisotopic (exact) mass is 211 g/mol. The van der Waals surface area contributed by atoms with Crippen molar-refractivity contribution in [2.45, 2.75) is 6.18 Å². The highest BCUT2D eigenvalue weighted by atomic mass is 35.5. The summed E-state index contributed by atoms with van der Waals surface area (Å²) in [5.74, 6) is 0. The molecule has 0 heterocycles. The average molecular weight is 212 g/mol. The fourth-order valence-electron chi connectivity index (χ4n) is 0.760. The molecule has 1 aromatic rings. The highest BCUT2D eigenvalue weighted by molar-refractivity contribution is 6.30. The van der Waals surface area contributed by atoms with Crippen LogP contribution in [0.15, 0.2) is 24.3 Å². The van der Waals surface area contributed by atoms with Gasteiger partial charge >= 0.3 is 6.18 Å². The molecule has 13 heavy (non-hydrogen) atoms. The molecule has 1 aromatic carbocycles. The first-order chi connectivity index (χ1) is 5.91. The minimum Gasteiger partial charge on any atom is -0.224 e. The summed E-state index contributed by atoms with van der Waals surface area (Å²) in [6.07, 6.45) is -7.04. The van der Waals surface area contributed by atoms with Crippen LogP contribution in [0, 0.1) is 6.17 Å². The van der Waals surface area contributed by atoms with E-state index in [2.05, 4.69) is 0 Å². The fourth-order valence-corrected chi connectivity index (χ4v) is 0.886. The van der Waals surface area contributed by atoms with Crippen LogP contribution in [0.1, 0.15) is 5.56 Å². The van der Waals surface area contributed by atoms with Crippen LogP contribution in [0.25, 0.3) is 0 Å². The number of benzene rings is 1. The highest BCUT2D eigenvalue weighted by Crippen LogP contribution is 2.35. The number of alkyl halides is 3. The third kappa shape index (κ3) is 2.59. The summed E-state index contributed by atoms with van der Waals surface area (Å²) in [7, 11) is 0. The molecule has 0 unspecified atom stereocenters. The highest BCUT2D eigenvalue weighted by Gasteiger charge is 2.42. The standard InChI is InChI=1S/C8H4ClF4/c9-6-3-1-5(2-4-6)7(10)8(11,12)13/h1-4H. The lowest BCUT2D eigenvalue weighted by Gasteiger charge is -2.10. The van der Waals surface area contributed by atoms with Crippen molar-refractivity contribution < 1.29 is 17.6 Å². The maximum Gasteiger partial charge on any atom is 0.430 e. The van der Waals surface area contributed by atoms with Crippen molar-refractivity contribution in [3.05, 3.63) is 41.0 Å². The third-order valence-electron chi connectivity index (χ3n) is 1.35. The van der Waals surface area contributed by atoms with Crippen LogP contribution in [0.3, 0.4) is 0 Å². The normalized spacial score (nSPS) is 12.2. The van der Waals surface area contributed by atoms with Crippen molar-refractivity contribution in [3.8, 4) is 0 Å². The summed E-state index contributed by atoms with van der Waals surface area (Å²) < 4.78 is 47.9. The van der Waals surface area contributed by atoms with E-state index in [1.807, 2.05) is 0 Å². The molecule has 0 aliphatic carbocycles. The molecule has 1 rings (SSSR count). The second kappa shape index (κ2) is 3.54. The van der Waals surface area contributed by atoms with Gasteiger partial charge in [-0.1, -0.05) is 23.7 Å². The molecule has 0 amide bonds. The van der Waals surface area contributed by atoms with Crippen LogP contribution in [-0.4, -0.2) is 6.18 Å². The molecule has 0 aliphatic rings. The van der Waals surface area contributed by atoms with Crippen molar-refractivity contribution in [1.82, 2.24) is 0 Å². The molecule has 0 N–H and O–H groups in total. The van der Waals surface area contributed by atoms with Crippen molar-refractivity contribution >= 4 is 11.6 Å². The molecular weight excluding hydrogens is 208 g/mol. The zero-order valence-corrected chi connectivity index (χ0v) is 6.96. The molecule has 1 radical (unpaired) electrons. The maximum absolute atomic E-state index is 12.5. The summed E-state index contributed by atoms with van der Waals surface area (Å²) in [6, 6.07) is 4.35. The van der Waals surface area contributed by atoms with E-state index in [0.717, 1.165) is 12.1 Å². The maximum atomic E-state index is 12.5. The third-order valence-corrected chi connectivity index (χ3v) is 1.60. The minimum atomic E-state index is -4.94. The second-order valence-corrected chi connectivity index (χ2v) is 2.76. The Hall–Kier alpha value is -0.770. The van der Waals surface area contributed by atoms with Gasteiger partial charge in [0.2, 0.25) is 0 Å². The van der Waals surface area contributed by atoms with E-state index in [-0.39, 0.29) is 5.02 Å². The van der Waals surface area contributed by atoms with E-state index in [4.69, 9.17) is 11.6 Å². The molecule has 0 aromatic heterocycles. The summed E-state index contributed by atoms with van der Waals surface area (Å²) in [6.45, 7) is 0. The van der Waals surface area contributed by atoms with Crippen LogP contribution in [0.4, 0.5) is 17.6 Å². The summed E-state index contributed by atoms with van der Waals surface area (Å²) in [5.41, 5.74) is -0.517. The Balaban J connectivity index is 2.90. The lowest BCUT2D eigenvalue weighted by molar-refractivity contribution is -0.130. The Labute approximate surface area is 77.1 Å². The van der Waals surface area contributed by atoms with Gasteiger partial charge in [-0.2, -0.15) is 13.2 Å². The summed E-state index contributed by atoms with van der Waals surface area (Å²) >= 11 is 5.42. The predicted molar refractivity (Wildman–Crippen MR) is 41.0 cm³/mol. The van der Waals surface area contributed by atoms with E-state index >= 15 is 0 Å². The van der Waals surface area contributed by atoms with Crippen molar-refractivity contribution in [1.29, 1.82) is 0 Å². The Bertz CT molecular complexity index is 277. The van der Waals surface area contributed by atoms with Gasteiger partial charge in [0.1, 0.15) is 0 Å². The predicted octanol–water partition coefficient (Wildman–Crippen LogP) is 3.75. The molecule has 0 aliphatic heterocycles. The molecule has 0 fully saturated rings. The van der Waals surface area contributed by atoms with E-state index in [9.17, 15) is 17.6 Å². The molecule has 0 atom stereocenters. The lowest BCUT2D eigenvalue weighted by atomic mass is 10.1. The first-order valence-corrected chi connectivity index (χ1v) is 3.64. The molecule has 0 nitrogen and oxygen atoms in total. The number of hydrogen-bond acceptors (Lipinski definition) is 0. The Morgan fingerprint density at radius 1 is 1.08 bits per heavy atom. The van der Waals surface area contributed by atoms with Gasteiger partial charge in [-0.15, -0.1) is 0 Å². The molecule has 5 heteroatoms. The number of halogens is 5. The molecular formula is C8H4ClF4. The van der Waals surface area contributed by atoms with Gasteiger partial charge in [0.05, 0.1) is 0 Å². The fraction of sp³-hybridized carbons (Fsp3) is 0.125. The first kappa shape index (κ1) is 10.3. The Morgan fingerprint density at radius 2 is 1.54 bits per heavy atom. The molecule has 0 spiro atoms. The molecule has 0 bridgehead atoms. The zero-order valence-electron chi connectivity index (χ0n) is 6.20. The van der Waals surface area contributed by atoms with E-state index in [1.165, 1.54) is 12.1 Å². The Kier molecular flexibility index (Phi) is 2.81. The largest absolute Gasteiger partial charge is 0.430 e. The number of hydrogen-bond donors (Lipinski definition) is 0. The van der Waals surface area contributed by atoms with Gasteiger partial charge in [0, 0.05) is 10.6 Å². The van der Waals surface area contributed by atoms with E-state index in [1.54, 1.807) is 0 Å². The van der Waals surface area contributed by atoms with Crippen LogP contribution < -0.4 is 0 Å². The second-order valence-electron chi connectivity index (χ2n) is 2.32.